The van der Waals surface area contributed by atoms with Gasteiger partial charge in [-0.25, -0.2) is 8.42 Å². The number of sulfonamides is 1. The molecule has 1 fully saturated rings. The Kier molecular flexibility index (Phi) is 11.9. The lowest BCUT2D eigenvalue weighted by Crippen LogP contribution is -2.48. The van der Waals surface area contributed by atoms with Gasteiger partial charge >= 0.3 is 0 Å². The molecule has 4 rings (SSSR count). The van der Waals surface area contributed by atoms with E-state index in [1.54, 1.807) is 25.3 Å². The van der Waals surface area contributed by atoms with Crippen LogP contribution in [-0.4, -0.2) is 70.7 Å². The van der Waals surface area contributed by atoms with Crippen LogP contribution in [0.1, 0.15) is 48.2 Å². The van der Waals surface area contributed by atoms with Gasteiger partial charge in [-0.3, -0.25) is 9.10 Å². The molecule has 3 aromatic carbocycles. The van der Waals surface area contributed by atoms with Crippen molar-refractivity contribution in [2.24, 2.45) is 0 Å². The Morgan fingerprint density at radius 2 is 1.80 bits per heavy atom. The van der Waals surface area contributed by atoms with Crippen LogP contribution >= 0.6 is 0 Å². The first-order valence-corrected chi connectivity index (χ1v) is 16.8. The molecular formula is C33H44N4O6S. The molecule has 1 aliphatic rings. The Hall–Kier alpha value is -3.80. The maximum absolute atomic E-state index is 13.7. The van der Waals surface area contributed by atoms with Crippen LogP contribution in [0.5, 0.6) is 11.5 Å². The number of hydrogen-bond donors (Lipinski definition) is 4. The van der Waals surface area contributed by atoms with Gasteiger partial charge in [-0.1, -0.05) is 36.4 Å². The minimum Gasteiger partial charge on any atom is -0.493 e. The summed E-state index contributed by atoms with van der Waals surface area (Å²) in [6, 6.07) is 19.8. The number of ether oxygens (including phenoxy) is 2. The van der Waals surface area contributed by atoms with Crippen molar-refractivity contribution in [1.82, 2.24) is 10.6 Å². The number of carbonyl (C=O) groups is 1. The van der Waals surface area contributed by atoms with Crippen LogP contribution in [0.2, 0.25) is 0 Å². The van der Waals surface area contributed by atoms with E-state index in [1.165, 1.54) is 4.31 Å². The molecule has 11 heteroatoms. The van der Waals surface area contributed by atoms with Crippen molar-refractivity contribution >= 4 is 27.3 Å². The van der Waals surface area contributed by atoms with Gasteiger partial charge in [0.1, 0.15) is 0 Å². The summed E-state index contributed by atoms with van der Waals surface area (Å²) in [7, 11) is -1.86. The highest BCUT2D eigenvalue weighted by atomic mass is 32.2. The minimum absolute atomic E-state index is 0.0851. The maximum Gasteiger partial charge on any atom is 0.251 e. The van der Waals surface area contributed by atoms with E-state index in [0.717, 1.165) is 17.5 Å². The SMILES string of the molecule is CCNc1cc(C(=O)N[C@@H](Cc2ccccc2)[C@H](O)CNCc2ccc(OC)c(OCC)c2)cc(N2CCCCS2(=O)=O)c1. The van der Waals surface area contributed by atoms with Gasteiger partial charge < -0.3 is 30.5 Å². The second-order valence-electron chi connectivity index (χ2n) is 10.8. The van der Waals surface area contributed by atoms with E-state index in [-0.39, 0.29) is 12.3 Å². The second-order valence-corrected chi connectivity index (χ2v) is 12.8. The zero-order valence-electron chi connectivity index (χ0n) is 25.7. The Balaban J connectivity index is 1.51. The van der Waals surface area contributed by atoms with Gasteiger partial charge in [-0.15, -0.1) is 0 Å². The van der Waals surface area contributed by atoms with Gasteiger partial charge in [0.05, 0.1) is 37.3 Å². The molecule has 1 aliphatic heterocycles. The molecule has 2 atom stereocenters. The fourth-order valence-electron chi connectivity index (χ4n) is 5.28. The molecule has 4 N–H and O–H groups in total. The number of anilines is 2. The molecule has 0 aliphatic carbocycles. The number of nitrogens with one attached hydrogen (secondary N) is 3. The molecule has 0 aromatic heterocycles. The molecule has 3 aromatic rings. The third-order valence-electron chi connectivity index (χ3n) is 7.49. The van der Waals surface area contributed by atoms with Crippen LogP contribution in [0.3, 0.4) is 0 Å². The van der Waals surface area contributed by atoms with Gasteiger partial charge in [-0.2, -0.15) is 0 Å². The summed E-state index contributed by atoms with van der Waals surface area (Å²) < 4.78 is 38.1. The van der Waals surface area contributed by atoms with E-state index in [2.05, 4.69) is 16.0 Å². The van der Waals surface area contributed by atoms with Crippen molar-refractivity contribution < 1.29 is 27.8 Å². The van der Waals surface area contributed by atoms with Crippen LogP contribution in [0.4, 0.5) is 11.4 Å². The van der Waals surface area contributed by atoms with Gasteiger partial charge in [-0.05, 0) is 74.6 Å². The molecule has 1 heterocycles. The van der Waals surface area contributed by atoms with Crippen LogP contribution in [0.25, 0.3) is 0 Å². The van der Waals surface area contributed by atoms with E-state index in [9.17, 15) is 18.3 Å². The van der Waals surface area contributed by atoms with Gasteiger partial charge in [0.15, 0.2) is 11.5 Å². The summed E-state index contributed by atoms with van der Waals surface area (Å²) >= 11 is 0. The number of carbonyl (C=O) groups excluding carboxylic acids is 1. The number of amides is 1. The molecule has 10 nitrogen and oxygen atoms in total. The highest BCUT2D eigenvalue weighted by molar-refractivity contribution is 7.92. The van der Waals surface area contributed by atoms with Gasteiger partial charge in [0.25, 0.3) is 5.91 Å². The lowest BCUT2D eigenvalue weighted by atomic mass is 10.00. The first kappa shape index (κ1) is 33.1. The van der Waals surface area contributed by atoms with Crippen molar-refractivity contribution in [3.63, 3.8) is 0 Å². The molecule has 1 saturated heterocycles. The third-order valence-corrected chi connectivity index (χ3v) is 9.36. The molecule has 1 amide bonds. The van der Waals surface area contributed by atoms with Gasteiger partial charge in [0.2, 0.25) is 10.0 Å². The van der Waals surface area contributed by atoms with Crippen LogP contribution in [0, 0.1) is 0 Å². The van der Waals surface area contributed by atoms with Crippen molar-refractivity contribution in [2.45, 2.75) is 51.8 Å². The molecule has 44 heavy (non-hydrogen) atoms. The normalized spacial score (nSPS) is 15.7. The molecule has 0 saturated carbocycles. The first-order chi connectivity index (χ1) is 21.2. The third kappa shape index (κ3) is 8.87. The molecule has 0 bridgehead atoms. The lowest BCUT2D eigenvalue weighted by molar-refractivity contribution is 0.0830. The molecule has 0 unspecified atom stereocenters. The first-order valence-electron chi connectivity index (χ1n) is 15.2. The van der Waals surface area contributed by atoms with E-state index in [0.29, 0.717) is 67.5 Å². The smallest absolute Gasteiger partial charge is 0.251 e. The molecule has 238 valence electrons. The largest absolute Gasteiger partial charge is 0.493 e. The molecular weight excluding hydrogens is 580 g/mol. The van der Waals surface area contributed by atoms with E-state index >= 15 is 0 Å². The summed E-state index contributed by atoms with van der Waals surface area (Å²) in [4.78, 5) is 13.7. The fourth-order valence-corrected chi connectivity index (χ4v) is 6.90. The number of nitrogens with zero attached hydrogens (tertiary/aromatic N) is 1. The zero-order chi connectivity index (χ0) is 31.5. The second kappa shape index (κ2) is 15.8. The highest BCUT2D eigenvalue weighted by Crippen LogP contribution is 2.29. The predicted molar refractivity (Wildman–Crippen MR) is 174 cm³/mol. The maximum atomic E-state index is 13.7. The zero-order valence-corrected chi connectivity index (χ0v) is 26.5. The van der Waals surface area contributed by atoms with Crippen LogP contribution in [0.15, 0.2) is 66.7 Å². The number of aliphatic hydroxyl groups is 1. The number of methoxy groups -OCH3 is 1. The predicted octanol–water partition coefficient (Wildman–Crippen LogP) is 3.95. The summed E-state index contributed by atoms with van der Waals surface area (Å²) in [5.74, 6) is 1.000. The number of aliphatic hydroxyl groups excluding tert-OH is 1. The minimum atomic E-state index is -3.46. The Morgan fingerprint density at radius 1 is 1.00 bits per heavy atom. The Morgan fingerprint density at radius 3 is 2.50 bits per heavy atom. The van der Waals surface area contributed by atoms with E-state index < -0.39 is 28.1 Å². The van der Waals surface area contributed by atoms with Crippen molar-refractivity contribution in [1.29, 1.82) is 0 Å². The number of benzene rings is 3. The summed E-state index contributed by atoms with van der Waals surface area (Å²) in [6.45, 7) is 6.05. The highest BCUT2D eigenvalue weighted by Gasteiger charge is 2.28. The Labute approximate surface area is 260 Å². The Bertz CT molecular complexity index is 1480. The number of rotatable bonds is 15. The summed E-state index contributed by atoms with van der Waals surface area (Å²) in [6.07, 6.45) is 0.876. The van der Waals surface area contributed by atoms with Crippen molar-refractivity contribution in [2.75, 3.05) is 48.7 Å². The monoisotopic (exact) mass is 624 g/mol. The van der Waals surface area contributed by atoms with E-state index in [4.69, 9.17) is 9.47 Å². The molecule has 0 spiro atoms. The van der Waals surface area contributed by atoms with E-state index in [1.807, 2.05) is 62.4 Å². The quantitative estimate of drug-likeness (QED) is 0.200. The molecule has 0 radical (unpaired) electrons. The lowest BCUT2D eigenvalue weighted by Gasteiger charge is -2.29. The van der Waals surface area contributed by atoms with Crippen molar-refractivity contribution in [3.8, 4) is 11.5 Å². The topological polar surface area (TPSA) is 129 Å². The van der Waals surface area contributed by atoms with Crippen LogP contribution < -0.4 is 29.7 Å². The summed E-state index contributed by atoms with van der Waals surface area (Å²) in [5.41, 5.74) is 3.37. The van der Waals surface area contributed by atoms with Gasteiger partial charge in [0, 0.05) is 37.4 Å². The van der Waals surface area contributed by atoms with Crippen molar-refractivity contribution in [3.05, 3.63) is 83.4 Å². The number of hydrogen-bond acceptors (Lipinski definition) is 8. The average Bonchev–Trinajstić information content (AvgIpc) is 3.01. The summed E-state index contributed by atoms with van der Waals surface area (Å²) in [5, 5.41) is 20.8. The standard InChI is InChI=1S/C33H44N4O6S/c1-4-35-27-19-26(20-28(21-27)37-15-9-10-16-44(37,40)41)33(39)36-29(17-24-11-7-6-8-12-24)30(38)23-34-22-25-13-14-31(42-3)32(18-25)43-5-2/h6-8,11-14,18-21,29-30,34-35,38H,4-5,9-10,15-17,22-23H2,1-3H3,(H,36,39)/t29-,30+/m0/s1. The van der Waals surface area contributed by atoms with Crippen LogP contribution in [-0.2, 0) is 23.0 Å². The fraction of sp³-hybridized carbons (Fsp3) is 0.424. The average molecular weight is 625 g/mol.